The Labute approximate surface area is 150 Å². The van der Waals surface area contributed by atoms with E-state index in [4.69, 9.17) is 9.47 Å². The number of carbonyl (C=O) groups excluding carboxylic acids is 2. The van der Waals surface area contributed by atoms with Crippen LogP contribution in [0.4, 0.5) is 16.3 Å². The zero-order valence-corrected chi connectivity index (χ0v) is 14.3. The van der Waals surface area contributed by atoms with Gasteiger partial charge in [-0.3, -0.25) is 9.69 Å². The third kappa shape index (κ3) is 3.01. The fourth-order valence-corrected chi connectivity index (χ4v) is 2.98. The number of nitrogens with one attached hydrogen (secondary N) is 1. The number of hydrogen-bond acceptors (Lipinski definition) is 5. The van der Waals surface area contributed by atoms with Crippen molar-refractivity contribution in [2.24, 2.45) is 0 Å². The average molecular weight is 354 g/mol. The average Bonchev–Trinajstić information content (AvgIpc) is 3.23. The SMILES string of the molecule is Cc1cccnc1NC(=O)CN1CCN(c2ccc3c(c2)OCO3)C1=O. The number of nitrogens with zero attached hydrogens (tertiary/aromatic N) is 3. The van der Waals surface area contributed by atoms with Crippen LogP contribution in [0.2, 0.25) is 0 Å². The van der Waals surface area contributed by atoms with Crippen molar-refractivity contribution >= 4 is 23.4 Å². The van der Waals surface area contributed by atoms with E-state index < -0.39 is 0 Å². The van der Waals surface area contributed by atoms with Crippen LogP contribution >= 0.6 is 0 Å². The van der Waals surface area contributed by atoms with Crippen molar-refractivity contribution in [3.05, 3.63) is 42.1 Å². The van der Waals surface area contributed by atoms with E-state index >= 15 is 0 Å². The summed E-state index contributed by atoms with van der Waals surface area (Å²) in [5.74, 6) is 1.53. The lowest BCUT2D eigenvalue weighted by Gasteiger charge is -2.18. The Morgan fingerprint density at radius 2 is 2.08 bits per heavy atom. The van der Waals surface area contributed by atoms with Gasteiger partial charge in [0.1, 0.15) is 12.4 Å². The van der Waals surface area contributed by atoms with Crippen molar-refractivity contribution in [1.82, 2.24) is 9.88 Å². The molecular weight excluding hydrogens is 336 g/mol. The number of urea groups is 1. The van der Waals surface area contributed by atoms with E-state index in [0.717, 1.165) is 11.3 Å². The van der Waals surface area contributed by atoms with Crippen LogP contribution in [0, 0.1) is 6.92 Å². The molecule has 1 aromatic heterocycles. The van der Waals surface area contributed by atoms with E-state index in [9.17, 15) is 9.59 Å². The second-order valence-corrected chi connectivity index (χ2v) is 6.11. The Balaban J connectivity index is 1.41. The number of hydrogen-bond donors (Lipinski definition) is 1. The maximum atomic E-state index is 12.6. The first kappa shape index (κ1) is 16.2. The minimum atomic E-state index is -0.271. The fourth-order valence-electron chi connectivity index (χ4n) is 2.98. The number of anilines is 2. The van der Waals surface area contributed by atoms with E-state index in [1.807, 2.05) is 19.1 Å². The maximum Gasteiger partial charge on any atom is 0.325 e. The molecule has 1 aromatic carbocycles. The van der Waals surface area contributed by atoms with Gasteiger partial charge in [-0.25, -0.2) is 9.78 Å². The van der Waals surface area contributed by atoms with Gasteiger partial charge in [-0.2, -0.15) is 0 Å². The zero-order valence-electron chi connectivity index (χ0n) is 14.3. The molecule has 134 valence electrons. The van der Waals surface area contributed by atoms with Gasteiger partial charge >= 0.3 is 6.03 Å². The van der Waals surface area contributed by atoms with E-state index in [-0.39, 0.29) is 25.3 Å². The van der Waals surface area contributed by atoms with Gasteiger partial charge in [-0.15, -0.1) is 0 Å². The van der Waals surface area contributed by atoms with Gasteiger partial charge in [-0.05, 0) is 30.7 Å². The molecule has 0 unspecified atom stereocenters. The quantitative estimate of drug-likeness (QED) is 0.908. The second-order valence-electron chi connectivity index (χ2n) is 6.11. The predicted molar refractivity (Wildman–Crippen MR) is 94.5 cm³/mol. The zero-order chi connectivity index (χ0) is 18.1. The molecule has 0 saturated carbocycles. The van der Waals surface area contributed by atoms with Gasteiger partial charge in [0.15, 0.2) is 11.5 Å². The van der Waals surface area contributed by atoms with Crippen molar-refractivity contribution in [2.45, 2.75) is 6.92 Å². The van der Waals surface area contributed by atoms with Gasteiger partial charge in [0.25, 0.3) is 0 Å². The number of aryl methyl sites for hydroxylation is 1. The summed E-state index contributed by atoms with van der Waals surface area (Å²) in [5, 5.41) is 2.75. The highest BCUT2D eigenvalue weighted by Crippen LogP contribution is 2.36. The largest absolute Gasteiger partial charge is 0.454 e. The number of ether oxygens (including phenoxy) is 2. The minimum Gasteiger partial charge on any atom is -0.454 e. The Kier molecular flexibility index (Phi) is 4.08. The van der Waals surface area contributed by atoms with Crippen LogP contribution in [0.15, 0.2) is 36.5 Å². The molecule has 0 spiro atoms. The molecule has 2 aromatic rings. The molecule has 2 aliphatic heterocycles. The highest BCUT2D eigenvalue weighted by atomic mass is 16.7. The van der Waals surface area contributed by atoms with Gasteiger partial charge in [0, 0.05) is 31.0 Å². The molecule has 0 atom stereocenters. The number of aromatic nitrogens is 1. The lowest BCUT2D eigenvalue weighted by atomic mass is 10.2. The van der Waals surface area contributed by atoms with Gasteiger partial charge in [-0.1, -0.05) is 6.07 Å². The molecule has 3 heterocycles. The van der Waals surface area contributed by atoms with Crippen LogP contribution in [0.3, 0.4) is 0 Å². The number of rotatable bonds is 4. The molecule has 1 N–H and O–H groups in total. The molecule has 8 nitrogen and oxygen atoms in total. The molecule has 1 saturated heterocycles. The fraction of sp³-hybridized carbons (Fsp3) is 0.278. The molecule has 8 heteroatoms. The van der Waals surface area contributed by atoms with Crippen molar-refractivity contribution in [3.63, 3.8) is 0 Å². The summed E-state index contributed by atoms with van der Waals surface area (Å²) < 4.78 is 10.6. The molecule has 1 fully saturated rings. The standard InChI is InChI=1S/C18H18N4O4/c1-12-3-2-6-19-17(12)20-16(23)10-21-7-8-22(18(21)24)13-4-5-14-15(9-13)26-11-25-14/h2-6,9H,7-8,10-11H2,1H3,(H,19,20,23). The molecule has 26 heavy (non-hydrogen) atoms. The summed E-state index contributed by atoms with van der Waals surface area (Å²) in [7, 11) is 0. The van der Waals surface area contributed by atoms with Crippen molar-refractivity contribution < 1.29 is 19.1 Å². The number of carbonyl (C=O) groups is 2. The third-order valence-electron chi connectivity index (χ3n) is 4.36. The first-order valence-corrected chi connectivity index (χ1v) is 8.29. The summed E-state index contributed by atoms with van der Waals surface area (Å²) in [4.78, 5) is 32.2. The topological polar surface area (TPSA) is 84.0 Å². The van der Waals surface area contributed by atoms with Gasteiger partial charge in [0.2, 0.25) is 12.7 Å². The predicted octanol–water partition coefficient (Wildman–Crippen LogP) is 2.00. The van der Waals surface area contributed by atoms with Crippen molar-refractivity contribution in [3.8, 4) is 11.5 Å². The Morgan fingerprint density at radius 3 is 2.92 bits per heavy atom. The van der Waals surface area contributed by atoms with E-state index in [1.165, 1.54) is 4.90 Å². The molecule has 0 aliphatic carbocycles. The van der Waals surface area contributed by atoms with Crippen LogP contribution in [0.5, 0.6) is 11.5 Å². The smallest absolute Gasteiger partial charge is 0.325 e. The second kappa shape index (κ2) is 6.55. The number of benzene rings is 1. The van der Waals surface area contributed by atoms with E-state index in [1.54, 1.807) is 29.3 Å². The minimum absolute atomic E-state index is 0.0180. The van der Waals surface area contributed by atoms with Crippen LogP contribution in [0.1, 0.15) is 5.56 Å². The third-order valence-corrected chi connectivity index (χ3v) is 4.36. The first-order chi connectivity index (χ1) is 12.6. The summed E-state index contributed by atoms with van der Waals surface area (Å²) in [6.07, 6.45) is 1.62. The van der Waals surface area contributed by atoms with Crippen LogP contribution in [0.25, 0.3) is 0 Å². The molecular formula is C18H18N4O4. The summed E-state index contributed by atoms with van der Waals surface area (Å²) in [6.45, 7) is 3.02. The van der Waals surface area contributed by atoms with Crippen molar-refractivity contribution in [1.29, 1.82) is 0 Å². The van der Waals surface area contributed by atoms with Crippen molar-refractivity contribution in [2.75, 3.05) is 36.6 Å². The van der Waals surface area contributed by atoms with E-state index in [0.29, 0.717) is 30.4 Å². The normalized spacial score (nSPS) is 15.5. The molecule has 4 rings (SSSR count). The highest BCUT2D eigenvalue weighted by molar-refractivity contribution is 5.99. The Morgan fingerprint density at radius 1 is 1.23 bits per heavy atom. The molecule has 2 aliphatic rings. The molecule has 0 bridgehead atoms. The molecule has 3 amide bonds. The van der Waals surface area contributed by atoms with Gasteiger partial charge in [0.05, 0.1) is 0 Å². The van der Waals surface area contributed by atoms with Crippen LogP contribution in [-0.4, -0.2) is 48.2 Å². The van der Waals surface area contributed by atoms with Gasteiger partial charge < -0.3 is 19.7 Å². The summed E-state index contributed by atoms with van der Waals surface area (Å²) >= 11 is 0. The Hall–Kier alpha value is -3.29. The molecule has 0 radical (unpaired) electrons. The summed E-state index contributed by atoms with van der Waals surface area (Å²) in [6, 6.07) is 8.83. The first-order valence-electron chi connectivity index (χ1n) is 8.29. The van der Waals surface area contributed by atoms with E-state index in [2.05, 4.69) is 10.3 Å². The van der Waals surface area contributed by atoms with Crippen LogP contribution in [-0.2, 0) is 4.79 Å². The monoisotopic (exact) mass is 354 g/mol. The number of amides is 3. The Bertz CT molecular complexity index is 870. The lowest BCUT2D eigenvalue weighted by Crippen LogP contribution is -2.37. The maximum absolute atomic E-state index is 12.6. The lowest BCUT2D eigenvalue weighted by molar-refractivity contribution is -0.116. The highest BCUT2D eigenvalue weighted by Gasteiger charge is 2.31. The number of fused-ring (bicyclic) bond motifs is 1. The summed E-state index contributed by atoms with van der Waals surface area (Å²) in [5.41, 5.74) is 1.60. The number of pyridine rings is 1. The van der Waals surface area contributed by atoms with Crippen LogP contribution < -0.4 is 19.7 Å².